The Morgan fingerprint density at radius 3 is 2.60 bits per heavy atom. The molecule has 0 aliphatic carbocycles. The number of hydrogen-bond acceptors (Lipinski definition) is 7. The van der Waals surface area contributed by atoms with Gasteiger partial charge in [-0.3, -0.25) is 10.2 Å². The largest absolute Gasteiger partial charge is 0.497 e. The highest BCUT2D eigenvalue weighted by Crippen LogP contribution is 2.30. The molecule has 1 aliphatic heterocycles. The summed E-state index contributed by atoms with van der Waals surface area (Å²) in [6.45, 7) is 2.51. The van der Waals surface area contributed by atoms with Gasteiger partial charge in [-0.1, -0.05) is 11.3 Å². The van der Waals surface area contributed by atoms with Gasteiger partial charge in [-0.15, -0.1) is 0 Å². The molecule has 1 N–H and O–H groups in total. The van der Waals surface area contributed by atoms with Gasteiger partial charge in [0.25, 0.3) is 0 Å². The maximum Gasteiger partial charge on any atom is 0.413 e. The van der Waals surface area contributed by atoms with Crippen LogP contribution in [0.3, 0.4) is 0 Å². The van der Waals surface area contributed by atoms with E-state index in [0.717, 1.165) is 48.8 Å². The molecule has 7 nitrogen and oxygen atoms in total. The van der Waals surface area contributed by atoms with Crippen LogP contribution in [0.15, 0.2) is 18.2 Å². The minimum absolute atomic E-state index is 0.494. The van der Waals surface area contributed by atoms with Gasteiger partial charge in [0.1, 0.15) is 11.5 Å². The topological polar surface area (TPSA) is 72.9 Å². The molecule has 0 fully saturated rings. The molecule has 3 rings (SSSR count). The van der Waals surface area contributed by atoms with Gasteiger partial charge in [-0.25, -0.2) is 9.78 Å². The first-order valence-corrected chi connectivity index (χ1v) is 8.70. The van der Waals surface area contributed by atoms with Crippen LogP contribution in [0.4, 0.5) is 9.93 Å². The van der Waals surface area contributed by atoms with E-state index < -0.39 is 6.09 Å². The fraction of sp³-hybridized carbons (Fsp3) is 0.412. The number of ether oxygens (including phenoxy) is 3. The summed E-state index contributed by atoms with van der Waals surface area (Å²) in [5.74, 6) is 1.57. The normalized spacial score (nSPS) is 13.9. The molecule has 0 saturated carbocycles. The molecule has 1 aromatic heterocycles. The van der Waals surface area contributed by atoms with Crippen LogP contribution in [-0.4, -0.2) is 43.9 Å². The van der Waals surface area contributed by atoms with E-state index in [1.165, 1.54) is 23.3 Å². The number of nitrogens with one attached hydrogen (secondary N) is 1. The fourth-order valence-corrected chi connectivity index (χ4v) is 3.83. The summed E-state index contributed by atoms with van der Waals surface area (Å²) in [5.41, 5.74) is 2.19. The van der Waals surface area contributed by atoms with Gasteiger partial charge in [0.05, 0.1) is 27.0 Å². The van der Waals surface area contributed by atoms with E-state index in [4.69, 9.17) is 9.47 Å². The van der Waals surface area contributed by atoms with Crippen molar-refractivity contribution in [2.75, 3.05) is 33.2 Å². The Hall–Kier alpha value is -2.32. The molecule has 1 aliphatic rings. The Kier molecular flexibility index (Phi) is 5.40. The van der Waals surface area contributed by atoms with Crippen LogP contribution in [0.1, 0.15) is 16.1 Å². The van der Waals surface area contributed by atoms with Gasteiger partial charge < -0.3 is 14.2 Å². The molecule has 8 heteroatoms. The minimum atomic E-state index is -0.494. The van der Waals surface area contributed by atoms with Crippen molar-refractivity contribution in [1.29, 1.82) is 0 Å². The van der Waals surface area contributed by atoms with E-state index in [1.54, 1.807) is 14.2 Å². The van der Waals surface area contributed by atoms with Crippen LogP contribution in [-0.2, 0) is 24.2 Å². The average Bonchev–Trinajstić information content (AvgIpc) is 3.02. The van der Waals surface area contributed by atoms with Gasteiger partial charge >= 0.3 is 6.09 Å². The second-order valence-electron chi connectivity index (χ2n) is 5.69. The predicted octanol–water partition coefficient (Wildman–Crippen LogP) is 2.90. The molecular weight excluding hydrogens is 342 g/mol. The number of aromatic nitrogens is 1. The number of carbonyl (C=O) groups excluding carboxylic acids is 1. The quantitative estimate of drug-likeness (QED) is 0.881. The molecule has 2 heterocycles. The number of carbonyl (C=O) groups is 1. The Balaban J connectivity index is 1.69. The average molecular weight is 363 g/mol. The lowest BCUT2D eigenvalue weighted by Gasteiger charge is -2.26. The Morgan fingerprint density at radius 2 is 1.96 bits per heavy atom. The van der Waals surface area contributed by atoms with Gasteiger partial charge in [0.2, 0.25) is 0 Å². The van der Waals surface area contributed by atoms with Gasteiger partial charge in [0, 0.05) is 37.0 Å². The third-order valence-electron chi connectivity index (χ3n) is 4.02. The number of rotatable bonds is 5. The lowest BCUT2D eigenvalue weighted by molar-refractivity contribution is 0.187. The Labute approximate surface area is 150 Å². The van der Waals surface area contributed by atoms with Crippen LogP contribution in [0.5, 0.6) is 11.5 Å². The minimum Gasteiger partial charge on any atom is -0.497 e. The highest BCUT2D eigenvalue weighted by molar-refractivity contribution is 7.15. The summed E-state index contributed by atoms with van der Waals surface area (Å²) in [6, 6.07) is 5.91. The third-order valence-corrected chi connectivity index (χ3v) is 5.02. The smallest absolute Gasteiger partial charge is 0.413 e. The molecule has 0 atom stereocenters. The van der Waals surface area contributed by atoms with Gasteiger partial charge in [-0.2, -0.15) is 0 Å². The summed E-state index contributed by atoms with van der Waals surface area (Å²) in [4.78, 5) is 19.3. The second kappa shape index (κ2) is 7.71. The predicted molar refractivity (Wildman–Crippen MR) is 95.5 cm³/mol. The van der Waals surface area contributed by atoms with Crippen molar-refractivity contribution >= 4 is 22.6 Å². The molecule has 0 saturated heterocycles. The summed E-state index contributed by atoms with van der Waals surface area (Å²) in [5, 5.41) is 3.22. The van der Waals surface area contributed by atoms with Crippen molar-refractivity contribution in [2.24, 2.45) is 0 Å². The summed E-state index contributed by atoms with van der Waals surface area (Å²) in [6.07, 6.45) is 0.363. The van der Waals surface area contributed by atoms with E-state index in [2.05, 4.69) is 19.9 Å². The lowest BCUT2D eigenvalue weighted by Crippen LogP contribution is -2.29. The zero-order valence-corrected chi connectivity index (χ0v) is 15.3. The number of amides is 1. The van der Waals surface area contributed by atoms with Crippen molar-refractivity contribution in [3.8, 4) is 11.5 Å². The highest BCUT2D eigenvalue weighted by Gasteiger charge is 2.22. The number of nitrogens with zero attached hydrogens (tertiary/aromatic N) is 2. The van der Waals surface area contributed by atoms with Crippen LogP contribution < -0.4 is 14.8 Å². The molecule has 0 radical (unpaired) electrons. The van der Waals surface area contributed by atoms with Crippen LogP contribution >= 0.6 is 11.3 Å². The third kappa shape index (κ3) is 4.21. The second-order valence-corrected chi connectivity index (χ2v) is 6.77. The zero-order valence-electron chi connectivity index (χ0n) is 14.5. The molecule has 2 aromatic rings. The van der Waals surface area contributed by atoms with E-state index in [9.17, 15) is 4.79 Å². The van der Waals surface area contributed by atoms with Crippen LogP contribution in [0.2, 0.25) is 0 Å². The zero-order chi connectivity index (χ0) is 17.8. The fourth-order valence-electron chi connectivity index (χ4n) is 2.79. The Bertz CT molecular complexity index is 740. The molecular formula is C17H21N3O4S. The molecule has 1 amide bonds. The van der Waals surface area contributed by atoms with Crippen molar-refractivity contribution < 1.29 is 19.0 Å². The number of anilines is 1. The first-order chi connectivity index (χ1) is 12.1. The van der Waals surface area contributed by atoms with E-state index in [0.29, 0.717) is 5.13 Å². The van der Waals surface area contributed by atoms with Crippen molar-refractivity contribution in [2.45, 2.75) is 19.5 Å². The molecule has 1 aromatic carbocycles. The van der Waals surface area contributed by atoms with Gasteiger partial charge in [-0.05, 0) is 17.7 Å². The number of fused-ring (bicyclic) bond motifs is 1. The maximum absolute atomic E-state index is 11.3. The maximum atomic E-state index is 11.3. The van der Waals surface area contributed by atoms with Crippen molar-refractivity contribution in [3.05, 3.63) is 34.3 Å². The molecule has 0 unspecified atom stereocenters. The summed E-state index contributed by atoms with van der Waals surface area (Å²) in [7, 11) is 4.64. The van der Waals surface area contributed by atoms with Crippen LogP contribution in [0, 0.1) is 0 Å². The molecule has 0 spiro atoms. The number of methoxy groups -OCH3 is 3. The SMILES string of the molecule is COC(=O)Nc1nc2c(s1)CN(Cc1cc(OC)cc(OC)c1)CC2. The lowest BCUT2D eigenvalue weighted by atomic mass is 10.1. The molecule has 134 valence electrons. The number of benzene rings is 1. The monoisotopic (exact) mass is 363 g/mol. The summed E-state index contributed by atoms with van der Waals surface area (Å²) < 4.78 is 15.3. The van der Waals surface area contributed by atoms with Crippen LogP contribution in [0.25, 0.3) is 0 Å². The number of thiazole rings is 1. The van der Waals surface area contributed by atoms with Gasteiger partial charge in [0.15, 0.2) is 5.13 Å². The molecule has 0 bridgehead atoms. The highest BCUT2D eigenvalue weighted by atomic mass is 32.1. The van der Waals surface area contributed by atoms with Crippen molar-refractivity contribution in [3.63, 3.8) is 0 Å². The standard InChI is InChI=1S/C17H21N3O4S/c1-22-12-6-11(7-13(8-12)23-2)9-20-5-4-14-15(10-20)25-16(18-14)19-17(21)24-3/h6-8H,4-5,9-10H2,1-3H3,(H,18,19,21). The Morgan fingerprint density at radius 1 is 1.24 bits per heavy atom. The van der Waals surface area contributed by atoms with E-state index in [-0.39, 0.29) is 0 Å². The van der Waals surface area contributed by atoms with Crippen molar-refractivity contribution in [1.82, 2.24) is 9.88 Å². The van der Waals surface area contributed by atoms with E-state index >= 15 is 0 Å². The molecule has 25 heavy (non-hydrogen) atoms. The van der Waals surface area contributed by atoms with E-state index in [1.807, 2.05) is 18.2 Å². The first-order valence-electron chi connectivity index (χ1n) is 7.89. The first kappa shape index (κ1) is 17.5. The summed E-state index contributed by atoms with van der Waals surface area (Å²) >= 11 is 1.49. The number of hydrogen-bond donors (Lipinski definition) is 1.